The molecule has 172 valence electrons. The number of imidazole rings is 1. The zero-order valence-electron chi connectivity index (χ0n) is 18.8. The molecule has 0 bridgehead atoms. The van der Waals surface area contributed by atoms with Crippen molar-refractivity contribution in [3.8, 4) is 0 Å². The first kappa shape index (κ1) is 22.9. The largest absolute Gasteiger partial charge is 0.343 e. The highest BCUT2D eigenvalue weighted by Gasteiger charge is 2.22. The zero-order chi connectivity index (χ0) is 23.8. The standard InChI is InChI=1S/C23H25N5O3S2/c1-5-28-16(4)26-20-12-17(27-33(30,31)18-9-7-6-8-10-18)11-19(21(20)28)22(29)25-15(3)23-24-14(2)13-32-23/h6-13,15,27H,5H2,1-4H3,(H,25,29)/t15-/m0/s1. The van der Waals surface area contributed by atoms with Crippen molar-refractivity contribution in [3.05, 3.63) is 69.9 Å². The van der Waals surface area contributed by atoms with Gasteiger partial charge in [0, 0.05) is 17.6 Å². The highest BCUT2D eigenvalue weighted by atomic mass is 32.2. The number of amides is 1. The lowest BCUT2D eigenvalue weighted by Crippen LogP contribution is -2.27. The van der Waals surface area contributed by atoms with E-state index in [4.69, 9.17) is 0 Å². The lowest BCUT2D eigenvalue weighted by atomic mass is 10.1. The second-order valence-corrected chi connectivity index (χ2v) is 10.3. The molecule has 0 unspecified atom stereocenters. The van der Waals surface area contributed by atoms with Crippen LogP contribution in [0.3, 0.4) is 0 Å². The van der Waals surface area contributed by atoms with Gasteiger partial charge in [0.1, 0.15) is 10.8 Å². The van der Waals surface area contributed by atoms with Gasteiger partial charge in [-0.25, -0.2) is 18.4 Å². The first-order valence-electron chi connectivity index (χ1n) is 10.5. The van der Waals surface area contributed by atoms with Crippen LogP contribution in [0.4, 0.5) is 5.69 Å². The van der Waals surface area contributed by atoms with Crippen LogP contribution in [0.2, 0.25) is 0 Å². The Labute approximate surface area is 196 Å². The summed E-state index contributed by atoms with van der Waals surface area (Å²) >= 11 is 1.48. The Morgan fingerprint density at radius 1 is 1.15 bits per heavy atom. The van der Waals surface area contributed by atoms with E-state index >= 15 is 0 Å². The van der Waals surface area contributed by atoms with Gasteiger partial charge in [-0.15, -0.1) is 11.3 Å². The van der Waals surface area contributed by atoms with E-state index in [1.54, 1.807) is 30.3 Å². The van der Waals surface area contributed by atoms with Gasteiger partial charge >= 0.3 is 0 Å². The molecular formula is C23H25N5O3S2. The zero-order valence-corrected chi connectivity index (χ0v) is 20.4. The summed E-state index contributed by atoms with van der Waals surface area (Å²) in [6.07, 6.45) is 0. The predicted octanol–water partition coefficient (Wildman–Crippen LogP) is 4.42. The van der Waals surface area contributed by atoms with Gasteiger partial charge in [-0.1, -0.05) is 18.2 Å². The number of carbonyl (C=O) groups excluding carboxylic acids is 1. The monoisotopic (exact) mass is 483 g/mol. The molecule has 2 N–H and O–H groups in total. The Bertz CT molecular complexity index is 1430. The Balaban J connectivity index is 1.76. The minimum Gasteiger partial charge on any atom is -0.343 e. The van der Waals surface area contributed by atoms with Crippen molar-refractivity contribution in [2.45, 2.75) is 45.2 Å². The number of benzene rings is 2. The molecule has 2 aromatic carbocycles. The van der Waals surface area contributed by atoms with Crippen molar-refractivity contribution in [1.29, 1.82) is 0 Å². The highest BCUT2D eigenvalue weighted by molar-refractivity contribution is 7.92. The number of hydrogen-bond acceptors (Lipinski definition) is 6. The van der Waals surface area contributed by atoms with Gasteiger partial charge in [0.05, 0.1) is 33.2 Å². The minimum absolute atomic E-state index is 0.138. The fourth-order valence-electron chi connectivity index (χ4n) is 3.72. The molecule has 4 aromatic rings. The lowest BCUT2D eigenvalue weighted by Gasteiger charge is -2.15. The number of rotatable bonds is 7. The molecule has 2 heterocycles. The van der Waals surface area contributed by atoms with Crippen molar-refractivity contribution in [2.24, 2.45) is 0 Å². The van der Waals surface area contributed by atoms with Gasteiger partial charge < -0.3 is 9.88 Å². The SMILES string of the molecule is CCn1c(C)nc2cc(NS(=O)(=O)c3ccccc3)cc(C(=O)N[C@@H](C)c3nc(C)cs3)c21. The Hall–Kier alpha value is -3.24. The van der Waals surface area contributed by atoms with Crippen LogP contribution < -0.4 is 10.0 Å². The summed E-state index contributed by atoms with van der Waals surface area (Å²) < 4.78 is 30.3. The third kappa shape index (κ3) is 4.62. The third-order valence-electron chi connectivity index (χ3n) is 5.25. The summed E-state index contributed by atoms with van der Waals surface area (Å²) in [5.74, 6) is 0.420. The molecule has 0 saturated heterocycles. The molecule has 1 atom stereocenters. The van der Waals surface area contributed by atoms with Gasteiger partial charge in [-0.3, -0.25) is 9.52 Å². The van der Waals surface area contributed by atoms with E-state index in [0.717, 1.165) is 16.5 Å². The third-order valence-corrected chi connectivity index (χ3v) is 7.80. The van der Waals surface area contributed by atoms with Gasteiger partial charge in [0.25, 0.3) is 15.9 Å². The van der Waals surface area contributed by atoms with Gasteiger partial charge in [-0.05, 0) is 52.0 Å². The molecule has 0 fully saturated rings. The van der Waals surface area contributed by atoms with Crippen LogP contribution in [0.1, 0.15) is 46.8 Å². The summed E-state index contributed by atoms with van der Waals surface area (Å²) in [7, 11) is -3.82. The predicted molar refractivity (Wildman–Crippen MR) is 130 cm³/mol. The normalized spacial score (nSPS) is 12.6. The quantitative estimate of drug-likeness (QED) is 0.405. The van der Waals surface area contributed by atoms with E-state index in [1.165, 1.54) is 23.5 Å². The van der Waals surface area contributed by atoms with Crippen LogP contribution >= 0.6 is 11.3 Å². The minimum atomic E-state index is -3.82. The molecule has 2 aromatic heterocycles. The first-order chi connectivity index (χ1) is 15.7. The fraction of sp³-hybridized carbons (Fsp3) is 0.261. The van der Waals surface area contributed by atoms with Crippen LogP contribution in [0.15, 0.2) is 52.7 Å². The average Bonchev–Trinajstić information content (AvgIpc) is 3.35. The van der Waals surface area contributed by atoms with Crippen molar-refractivity contribution >= 4 is 44.0 Å². The van der Waals surface area contributed by atoms with Crippen molar-refractivity contribution in [3.63, 3.8) is 0 Å². The smallest absolute Gasteiger partial charge is 0.261 e. The maximum absolute atomic E-state index is 13.4. The van der Waals surface area contributed by atoms with Gasteiger partial charge in [0.15, 0.2) is 0 Å². The summed E-state index contributed by atoms with van der Waals surface area (Å²) in [5, 5.41) is 5.73. The maximum atomic E-state index is 13.4. The molecule has 33 heavy (non-hydrogen) atoms. The summed E-state index contributed by atoms with van der Waals surface area (Å²) in [6.45, 7) is 8.24. The molecule has 0 radical (unpaired) electrons. The number of fused-ring (bicyclic) bond motifs is 1. The van der Waals surface area contributed by atoms with E-state index in [9.17, 15) is 13.2 Å². The number of thiazole rings is 1. The molecule has 10 heteroatoms. The van der Waals surface area contributed by atoms with Crippen molar-refractivity contribution < 1.29 is 13.2 Å². The first-order valence-corrected chi connectivity index (χ1v) is 12.9. The average molecular weight is 484 g/mol. The van der Waals surface area contributed by atoms with E-state index in [0.29, 0.717) is 23.1 Å². The van der Waals surface area contributed by atoms with E-state index in [-0.39, 0.29) is 22.5 Å². The van der Waals surface area contributed by atoms with Crippen LogP contribution in [-0.2, 0) is 16.6 Å². The number of carbonyl (C=O) groups is 1. The van der Waals surface area contributed by atoms with Crippen LogP contribution in [0, 0.1) is 13.8 Å². The number of anilines is 1. The lowest BCUT2D eigenvalue weighted by molar-refractivity contribution is 0.0941. The Kier molecular flexibility index (Phi) is 6.22. The second kappa shape index (κ2) is 8.95. The fourth-order valence-corrected chi connectivity index (χ4v) is 5.59. The highest BCUT2D eigenvalue weighted by Crippen LogP contribution is 2.28. The van der Waals surface area contributed by atoms with Gasteiger partial charge in [-0.2, -0.15) is 0 Å². The summed E-state index contributed by atoms with van der Waals surface area (Å²) in [5.41, 5.74) is 2.73. The number of nitrogens with zero attached hydrogens (tertiary/aromatic N) is 3. The molecule has 0 saturated carbocycles. The molecule has 0 spiro atoms. The van der Waals surface area contributed by atoms with E-state index < -0.39 is 10.0 Å². The molecule has 0 aliphatic rings. The molecule has 1 amide bonds. The van der Waals surface area contributed by atoms with Crippen molar-refractivity contribution in [2.75, 3.05) is 4.72 Å². The second-order valence-electron chi connectivity index (χ2n) is 7.74. The molecule has 0 aliphatic carbocycles. The van der Waals surface area contributed by atoms with Crippen molar-refractivity contribution in [1.82, 2.24) is 19.9 Å². The van der Waals surface area contributed by atoms with Crippen LogP contribution in [-0.4, -0.2) is 28.9 Å². The number of sulfonamides is 1. The molecule has 0 aliphatic heterocycles. The maximum Gasteiger partial charge on any atom is 0.261 e. The number of hydrogen-bond donors (Lipinski definition) is 2. The summed E-state index contributed by atoms with van der Waals surface area (Å²) in [4.78, 5) is 22.5. The van der Waals surface area contributed by atoms with Crippen LogP contribution in [0.5, 0.6) is 0 Å². The van der Waals surface area contributed by atoms with E-state index in [1.807, 2.05) is 37.6 Å². The Morgan fingerprint density at radius 2 is 1.88 bits per heavy atom. The topological polar surface area (TPSA) is 106 Å². The number of nitrogens with one attached hydrogen (secondary N) is 2. The van der Waals surface area contributed by atoms with Gasteiger partial charge in [0.2, 0.25) is 0 Å². The van der Waals surface area contributed by atoms with E-state index in [2.05, 4.69) is 20.0 Å². The number of aromatic nitrogens is 3. The molecule has 4 rings (SSSR count). The molecular weight excluding hydrogens is 458 g/mol. The number of aryl methyl sites for hydroxylation is 3. The van der Waals surface area contributed by atoms with Crippen LogP contribution in [0.25, 0.3) is 11.0 Å². The summed E-state index contributed by atoms with van der Waals surface area (Å²) in [6, 6.07) is 11.0. The Morgan fingerprint density at radius 3 is 2.52 bits per heavy atom. The molecule has 8 nitrogen and oxygen atoms in total.